The fraction of sp³-hybridized carbons (Fsp3) is 0.154. The van der Waals surface area contributed by atoms with Crippen molar-refractivity contribution in [2.45, 2.75) is 12.5 Å². The summed E-state index contributed by atoms with van der Waals surface area (Å²) in [6.45, 7) is 0. The summed E-state index contributed by atoms with van der Waals surface area (Å²) in [5, 5.41) is 0.699. The molecule has 0 aliphatic carbocycles. The Labute approximate surface area is 119 Å². The van der Waals surface area contributed by atoms with Crippen LogP contribution >= 0.6 is 27.5 Å². The van der Waals surface area contributed by atoms with Crippen LogP contribution in [0.1, 0.15) is 17.2 Å². The molecule has 3 N–H and O–H groups in total. The number of hydrogen-bond donors (Lipinski definition) is 2. The van der Waals surface area contributed by atoms with Crippen LogP contribution in [0.5, 0.6) is 0 Å². The van der Waals surface area contributed by atoms with Gasteiger partial charge in [-0.2, -0.15) is 0 Å². The molecule has 2 rings (SSSR count). The second-order valence-electron chi connectivity index (χ2n) is 3.95. The van der Waals surface area contributed by atoms with Crippen LogP contribution in [0.4, 0.5) is 0 Å². The highest BCUT2D eigenvalue weighted by atomic mass is 79.9. The van der Waals surface area contributed by atoms with E-state index in [2.05, 4.69) is 26.3 Å². The Morgan fingerprint density at radius 2 is 2.22 bits per heavy atom. The maximum atomic E-state index is 6.20. The third-order valence-electron chi connectivity index (χ3n) is 2.70. The van der Waals surface area contributed by atoms with Crippen LogP contribution in [-0.2, 0) is 6.42 Å². The quantitative estimate of drug-likeness (QED) is 0.670. The number of nitrogens with two attached hydrogens (primary N) is 1. The average Bonchev–Trinajstić information content (AvgIpc) is 2.40. The van der Waals surface area contributed by atoms with E-state index in [1.807, 2.05) is 36.5 Å². The van der Waals surface area contributed by atoms with Crippen LogP contribution in [0.15, 0.2) is 47.2 Å². The Kier molecular flexibility index (Phi) is 4.72. The van der Waals surface area contributed by atoms with Crippen molar-refractivity contribution < 1.29 is 0 Å². The van der Waals surface area contributed by atoms with E-state index in [-0.39, 0.29) is 6.04 Å². The van der Waals surface area contributed by atoms with E-state index in [0.29, 0.717) is 5.02 Å². The van der Waals surface area contributed by atoms with Crippen LogP contribution in [0.25, 0.3) is 0 Å². The van der Waals surface area contributed by atoms with Gasteiger partial charge in [-0.15, -0.1) is 0 Å². The zero-order valence-corrected chi connectivity index (χ0v) is 11.9. The summed E-state index contributed by atoms with van der Waals surface area (Å²) < 4.78 is 0.980. The molecule has 18 heavy (non-hydrogen) atoms. The van der Waals surface area contributed by atoms with E-state index in [1.165, 1.54) is 0 Å². The number of nitrogens with zero attached hydrogens (tertiary/aromatic N) is 1. The summed E-state index contributed by atoms with van der Waals surface area (Å²) in [5.41, 5.74) is 4.88. The third kappa shape index (κ3) is 3.29. The normalized spacial score (nSPS) is 12.4. The van der Waals surface area contributed by atoms with Gasteiger partial charge in [-0.3, -0.25) is 16.3 Å². The van der Waals surface area contributed by atoms with Gasteiger partial charge in [0.25, 0.3) is 0 Å². The number of hydrogen-bond acceptors (Lipinski definition) is 3. The van der Waals surface area contributed by atoms with Crippen LogP contribution in [-0.4, -0.2) is 4.98 Å². The predicted octanol–water partition coefficient (Wildman–Crippen LogP) is 3.24. The molecule has 0 fully saturated rings. The van der Waals surface area contributed by atoms with Crippen molar-refractivity contribution in [2.75, 3.05) is 0 Å². The van der Waals surface area contributed by atoms with Gasteiger partial charge < -0.3 is 0 Å². The first-order chi connectivity index (χ1) is 8.70. The molecule has 1 aromatic carbocycles. The van der Waals surface area contributed by atoms with Crippen LogP contribution in [0.2, 0.25) is 5.02 Å². The minimum absolute atomic E-state index is 0.0424. The summed E-state index contributed by atoms with van der Waals surface area (Å²) in [5.74, 6) is 5.63. The minimum atomic E-state index is -0.0424. The van der Waals surface area contributed by atoms with E-state index >= 15 is 0 Å². The van der Waals surface area contributed by atoms with E-state index in [4.69, 9.17) is 17.4 Å². The molecule has 3 nitrogen and oxygen atoms in total. The Balaban J connectivity index is 2.26. The minimum Gasteiger partial charge on any atom is -0.271 e. The van der Waals surface area contributed by atoms with E-state index in [9.17, 15) is 0 Å². The average molecular weight is 327 g/mol. The first-order valence-electron chi connectivity index (χ1n) is 5.50. The lowest BCUT2D eigenvalue weighted by Crippen LogP contribution is -2.29. The maximum Gasteiger partial charge on any atom is 0.0515 e. The van der Waals surface area contributed by atoms with E-state index in [1.54, 1.807) is 6.20 Å². The molecule has 94 valence electrons. The summed E-state index contributed by atoms with van der Waals surface area (Å²) in [7, 11) is 0. The molecule has 0 saturated heterocycles. The number of aromatic nitrogens is 1. The van der Waals surface area contributed by atoms with Crippen LogP contribution in [0.3, 0.4) is 0 Å². The largest absolute Gasteiger partial charge is 0.271 e. The Morgan fingerprint density at radius 1 is 1.39 bits per heavy atom. The van der Waals surface area contributed by atoms with Crippen molar-refractivity contribution >= 4 is 27.5 Å². The number of hydrazine groups is 1. The second-order valence-corrected chi connectivity index (χ2v) is 5.27. The molecule has 0 aliphatic heterocycles. The Hall–Kier alpha value is -0.940. The van der Waals surface area contributed by atoms with Gasteiger partial charge in [-0.1, -0.05) is 33.6 Å². The lowest BCUT2D eigenvalue weighted by Gasteiger charge is -2.18. The zero-order valence-electron chi connectivity index (χ0n) is 9.61. The van der Waals surface area contributed by atoms with Gasteiger partial charge >= 0.3 is 0 Å². The van der Waals surface area contributed by atoms with E-state index < -0.39 is 0 Å². The SMILES string of the molecule is NNC(Cc1cccnc1)c1cc(Br)ccc1Cl. The highest BCUT2D eigenvalue weighted by molar-refractivity contribution is 9.10. The summed E-state index contributed by atoms with van der Waals surface area (Å²) in [6, 6.07) is 9.62. The van der Waals surface area contributed by atoms with Crippen molar-refractivity contribution in [3.8, 4) is 0 Å². The fourth-order valence-electron chi connectivity index (χ4n) is 1.79. The van der Waals surface area contributed by atoms with Gasteiger partial charge in [-0.05, 0) is 41.8 Å². The first-order valence-corrected chi connectivity index (χ1v) is 6.68. The van der Waals surface area contributed by atoms with Gasteiger partial charge in [-0.25, -0.2) is 0 Å². The molecule has 1 atom stereocenters. The van der Waals surface area contributed by atoms with Gasteiger partial charge in [0.2, 0.25) is 0 Å². The Morgan fingerprint density at radius 3 is 2.89 bits per heavy atom. The predicted molar refractivity (Wildman–Crippen MR) is 77.2 cm³/mol. The van der Waals surface area contributed by atoms with Gasteiger partial charge in [0.15, 0.2) is 0 Å². The smallest absolute Gasteiger partial charge is 0.0515 e. The van der Waals surface area contributed by atoms with Gasteiger partial charge in [0, 0.05) is 21.9 Å². The molecule has 2 aromatic rings. The fourth-order valence-corrected chi connectivity index (χ4v) is 2.42. The molecule has 5 heteroatoms. The van der Waals surface area contributed by atoms with Crippen molar-refractivity contribution in [3.63, 3.8) is 0 Å². The summed E-state index contributed by atoms with van der Waals surface area (Å²) >= 11 is 9.64. The molecule has 0 radical (unpaired) electrons. The van der Waals surface area contributed by atoms with Crippen molar-refractivity contribution in [1.29, 1.82) is 0 Å². The van der Waals surface area contributed by atoms with Crippen molar-refractivity contribution in [3.05, 3.63) is 63.3 Å². The second kappa shape index (κ2) is 6.29. The molecular weight excluding hydrogens is 314 g/mol. The molecule has 0 bridgehead atoms. The monoisotopic (exact) mass is 325 g/mol. The number of rotatable bonds is 4. The van der Waals surface area contributed by atoms with Crippen molar-refractivity contribution in [2.24, 2.45) is 5.84 Å². The van der Waals surface area contributed by atoms with Crippen LogP contribution in [0, 0.1) is 0 Å². The molecule has 0 aliphatic rings. The summed E-state index contributed by atoms with van der Waals surface area (Å²) in [4.78, 5) is 4.09. The lowest BCUT2D eigenvalue weighted by atomic mass is 10.0. The van der Waals surface area contributed by atoms with Gasteiger partial charge in [0.1, 0.15) is 0 Å². The zero-order chi connectivity index (χ0) is 13.0. The maximum absolute atomic E-state index is 6.20. The molecular formula is C13H13BrClN3. The van der Waals surface area contributed by atoms with E-state index in [0.717, 1.165) is 22.0 Å². The topological polar surface area (TPSA) is 50.9 Å². The summed E-state index contributed by atoms with van der Waals surface area (Å²) in [6.07, 6.45) is 4.32. The number of pyridine rings is 1. The molecule has 0 spiro atoms. The van der Waals surface area contributed by atoms with Gasteiger partial charge in [0.05, 0.1) is 6.04 Å². The first kappa shape index (κ1) is 13.5. The number of benzene rings is 1. The number of halogens is 2. The highest BCUT2D eigenvalue weighted by Crippen LogP contribution is 2.28. The molecule has 1 unspecified atom stereocenters. The molecule has 1 aromatic heterocycles. The molecule has 0 amide bonds. The molecule has 1 heterocycles. The Bertz CT molecular complexity index is 519. The van der Waals surface area contributed by atoms with Crippen LogP contribution < -0.4 is 11.3 Å². The standard InChI is InChI=1S/C13H13BrClN3/c14-10-3-4-12(15)11(7-10)13(18-16)6-9-2-1-5-17-8-9/h1-5,7-8,13,18H,6,16H2. The van der Waals surface area contributed by atoms with Crippen molar-refractivity contribution in [1.82, 2.24) is 10.4 Å². The highest BCUT2D eigenvalue weighted by Gasteiger charge is 2.14. The number of nitrogens with one attached hydrogen (secondary N) is 1. The lowest BCUT2D eigenvalue weighted by molar-refractivity contribution is 0.551. The third-order valence-corrected chi connectivity index (χ3v) is 3.53. The molecule has 0 saturated carbocycles.